The fraction of sp³-hybridized carbons (Fsp3) is 0.556. The molecular weight excluding hydrogens is 202 g/mol. The van der Waals surface area contributed by atoms with E-state index in [0.717, 1.165) is 6.42 Å². The number of H-pyrrole nitrogens is 1. The predicted octanol–water partition coefficient (Wildman–Crippen LogP) is 2.02. The van der Waals surface area contributed by atoms with Gasteiger partial charge in [-0.2, -0.15) is 5.10 Å². The molecule has 0 radical (unpaired) electrons. The second kappa shape index (κ2) is 4.00. The summed E-state index contributed by atoms with van der Waals surface area (Å²) in [5.74, 6) is 0. The largest absolute Gasteiger partial charge is 0.378 e. The third kappa shape index (κ3) is 2.48. The van der Waals surface area contributed by atoms with E-state index in [1.165, 1.54) is 6.20 Å². The number of halogens is 1. The van der Waals surface area contributed by atoms with Crippen LogP contribution in [0.5, 0.6) is 0 Å². The van der Waals surface area contributed by atoms with Crippen molar-refractivity contribution in [3.63, 3.8) is 0 Å². The Bertz CT molecular complexity index is 373. The lowest BCUT2D eigenvalue weighted by Crippen LogP contribution is -2.30. The third-order valence-electron chi connectivity index (χ3n) is 2.15. The summed E-state index contributed by atoms with van der Waals surface area (Å²) in [6, 6.07) is 0. The Kier molecular flexibility index (Phi) is 3.16. The summed E-state index contributed by atoms with van der Waals surface area (Å²) in [5, 5.41) is 9.26. The van der Waals surface area contributed by atoms with Crippen molar-refractivity contribution in [3.05, 3.63) is 21.6 Å². The van der Waals surface area contributed by atoms with Crippen LogP contribution in [0.3, 0.4) is 0 Å². The summed E-state index contributed by atoms with van der Waals surface area (Å²) in [7, 11) is 0. The first-order valence-corrected chi connectivity index (χ1v) is 4.85. The van der Waals surface area contributed by atoms with Crippen molar-refractivity contribution in [1.82, 2.24) is 10.2 Å². The van der Waals surface area contributed by atoms with Crippen LogP contribution >= 0.6 is 11.6 Å². The maximum Gasteiger partial charge on any atom is 0.285 e. The van der Waals surface area contributed by atoms with Crippen LogP contribution in [-0.4, -0.2) is 15.7 Å². The van der Waals surface area contributed by atoms with Gasteiger partial charge in [-0.1, -0.05) is 18.5 Å². The molecule has 0 amide bonds. The van der Waals surface area contributed by atoms with E-state index in [9.17, 15) is 4.79 Å². The second-order valence-corrected chi connectivity index (χ2v) is 4.17. The Morgan fingerprint density at radius 1 is 1.64 bits per heavy atom. The highest BCUT2D eigenvalue weighted by molar-refractivity contribution is 6.32. The smallest absolute Gasteiger partial charge is 0.285 e. The zero-order valence-electron chi connectivity index (χ0n) is 8.52. The van der Waals surface area contributed by atoms with Crippen molar-refractivity contribution in [2.75, 3.05) is 5.32 Å². The summed E-state index contributed by atoms with van der Waals surface area (Å²) >= 11 is 5.81. The van der Waals surface area contributed by atoms with Crippen LogP contribution in [0.1, 0.15) is 27.2 Å². The van der Waals surface area contributed by atoms with Gasteiger partial charge in [-0.05, 0) is 20.3 Å². The molecule has 0 atom stereocenters. The Morgan fingerprint density at radius 3 is 2.86 bits per heavy atom. The number of rotatable bonds is 3. The molecule has 0 bridgehead atoms. The lowest BCUT2D eigenvalue weighted by Gasteiger charge is -2.25. The Balaban J connectivity index is 2.98. The van der Waals surface area contributed by atoms with Gasteiger partial charge in [-0.3, -0.25) is 4.79 Å². The SMILES string of the molecule is CCC(C)(C)Nc1cn[nH]c(=O)c1Cl. The lowest BCUT2D eigenvalue weighted by atomic mass is 10.0. The number of anilines is 1. The zero-order valence-corrected chi connectivity index (χ0v) is 9.27. The predicted molar refractivity (Wildman–Crippen MR) is 57.9 cm³/mol. The number of aromatic amines is 1. The molecule has 5 heteroatoms. The summed E-state index contributed by atoms with van der Waals surface area (Å²) in [4.78, 5) is 11.1. The molecule has 1 aromatic heterocycles. The normalized spacial score (nSPS) is 11.4. The highest BCUT2D eigenvalue weighted by Crippen LogP contribution is 2.21. The van der Waals surface area contributed by atoms with Crippen LogP contribution in [0.15, 0.2) is 11.0 Å². The van der Waals surface area contributed by atoms with Crippen LogP contribution in [0, 0.1) is 0 Å². The monoisotopic (exact) mass is 215 g/mol. The van der Waals surface area contributed by atoms with Gasteiger partial charge in [0.15, 0.2) is 0 Å². The van der Waals surface area contributed by atoms with Gasteiger partial charge >= 0.3 is 0 Å². The van der Waals surface area contributed by atoms with E-state index in [1.807, 2.05) is 13.8 Å². The van der Waals surface area contributed by atoms with E-state index in [4.69, 9.17) is 11.6 Å². The van der Waals surface area contributed by atoms with Crippen LogP contribution in [0.2, 0.25) is 5.02 Å². The second-order valence-electron chi connectivity index (χ2n) is 3.79. The van der Waals surface area contributed by atoms with Gasteiger partial charge in [0.1, 0.15) is 5.02 Å². The van der Waals surface area contributed by atoms with Crippen LogP contribution in [0.25, 0.3) is 0 Å². The number of aromatic nitrogens is 2. The average molecular weight is 216 g/mol. The average Bonchev–Trinajstić information content (AvgIpc) is 2.13. The van der Waals surface area contributed by atoms with E-state index >= 15 is 0 Å². The third-order valence-corrected chi connectivity index (χ3v) is 2.53. The molecule has 2 N–H and O–H groups in total. The fourth-order valence-corrected chi connectivity index (χ4v) is 1.06. The molecule has 1 rings (SSSR count). The van der Waals surface area contributed by atoms with E-state index < -0.39 is 0 Å². The van der Waals surface area contributed by atoms with Crippen molar-refractivity contribution in [1.29, 1.82) is 0 Å². The van der Waals surface area contributed by atoms with E-state index in [-0.39, 0.29) is 16.1 Å². The van der Waals surface area contributed by atoms with Crippen LogP contribution in [-0.2, 0) is 0 Å². The van der Waals surface area contributed by atoms with Crippen molar-refractivity contribution in [3.8, 4) is 0 Å². The molecule has 1 heterocycles. The minimum Gasteiger partial charge on any atom is -0.378 e. The number of nitrogens with one attached hydrogen (secondary N) is 2. The van der Waals surface area contributed by atoms with E-state index in [0.29, 0.717) is 5.69 Å². The standard InChI is InChI=1S/C9H14ClN3O/c1-4-9(2,3)12-6-5-11-13-8(14)7(6)10/h5H,4H2,1-3H3,(H2,12,13,14). The maximum absolute atomic E-state index is 11.1. The molecular formula is C9H14ClN3O. The molecule has 0 saturated carbocycles. The highest BCUT2D eigenvalue weighted by atomic mass is 35.5. The molecule has 0 saturated heterocycles. The molecule has 0 unspecified atom stereocenters. The van der Waals surface area contributed by atoms with Crippen LogP contribution in [0.4, 0.5) is 5.69 Å². The van der Waals surface area contributed by atoms with Crippen molar-refractivity contribution in [2.45, 2.75) is 32.7 Å². The molecule has 0 spiro atoms. The summed E-state index contributed by atoms with van der Waals surface area (Å²) in [5.41, 5.74) is 0.102. The summed E-state index contributed by atoms with van der Waals surface area (Å²) in [6.45, 7) is 6.12. The molecule has 0 aromatic carbocycles. The van der Waals surface area contributed by atoms with Gasteiger partial charge < -0.3 is 5.32 Å². The quantitative estimate of drug-likeness (QED) is 0.811. The number of hydrogen-bond acceptors (Lipinski definition) is 3. The first-order chi connectivity index (χ1) is 6.46. The van der Waals surface area contributed by atoms with Gasteiger partial charge in [-0.25, -0.2) is 5.10 Å². The van der Waals surface area contributed by atoms with Gasteiger partial charge in [-0.15, -0.1) is 0 Å². The summed E-state index contributed by atoms with van der Waals surface area (Å²) in [6.07, 6.45) is 2.44. The topological polar surface area (TPSA) is 57.8 Å². The molecule has 0 fully saturated rings. The first-order valence-electron chi connectivity index (χ1n) is 4.47. The molecule has 0 aliphatic rings. The van der Waals surface area contributed by atoms with Crippen LogP contribution < -0.4 is 10.9 Å². The molecule has 14 heavy (non-hydrogen) atoms. The Labute approximate surface area is 87.7 Å². The van der Waals surface area contributed by atoms with Gasteiger partial charge in [0.05, 0.1) is 11.9 Å². The minimum atomic E-state index is -0.372. The first kappa shape index (κ1) is 11.0. The van der Waals surface area contributed by atoms with Crippen molar-refractivity contribution in [2.24, 2.45) is 0 Å². The minimum absolute atomic E-state index is 0.0981. The van der Waals surface area contributed by atoms with E-state index in [2.05, 4.69) is 22.4 Å². The van der Waals surface area contributed by atoms with Gasteiger partial charge in [0, 0.05) is 5.54 Å². The lowest BCUT2D eigenvalue weighted by molar-refractivity contribution is 0.547. The Hall–Kier alpha value is -1.03. The molecule has 0 aliphatic heterocycles. The van der Waals surface area contributed by atoms with E-state index in [1.54, 1.807) is 0 Å². The zero-order chi connectivity index (χ0) is 10.8. The molecule has 0 aliphatic carbocycles. The van der Waals surface area contributed by atoms with Crippen molar-refractivity contribution < 1.29 is 0 Å². The fourth-order valence-electron chi connectivity index (χ4n) is 0.924. The highest BCUT2D eigenvalue weighted by Gasteiger charge is 2.16. The Morgan fingerprint density at radius 2 is 2.29 bits per heavy atom. The maximum atomic E-state index is 11.1. The van der Waals surface area contributed by atoms with Crippen molar-refractivity contribution >= 4 is 17.3 Å². The summed E-state index contributed by atoms with van der Waals surface area (Å²) < 4.78 is 0. The van der Waals surface area contributed by atoms with Gasteiger partial charge in [0.25, 0.3) is 5.56 Å². The number of nitrogens with zero attached hydrogens (tertiary/aromatic N) is 1. The molecule has 78 valence electrons. The molecule has 1 aromatic rings. The van der Waals surface area contributed by atoms with Gasteiger partial charge in [0.2, 0.25) is 0 Å². The number of hydrogen-bond donors (Lipinski definition) is 2. The molecule has 4 nitrogen and oxygen atoms in total.